The van der Waals surface area contributed by atoms with Gasteiger partial charge in [-0.1, -0.05) is 44.0 Å². The Bertz CT molecular complexity index is 1740. The van der Waals surface area contributed by atoms with Gasteiger partial charge >= 0.3 is 0 Å². The largest absolute Gasteiger partial charge is 0.496 e. The summed E-state index contributed by atoms with van der Waals surface area (Å²) in [6.45, 7) is 10.5. The van der Waals surface area contributed by atoms with E-state index in [0.717, 1.165) is 97.5 Å². The Hall–Kier alpha value is -4.06. The molecule has 0 atom stereocenters. The number of fused-ring (bicyclic) bond motifs is 4. The predicted octanol–water partition coefficient (Wildman–Crippen LogP) is 7.87. The van der Waals surface area contributed by atoms with Crippen LogP contribution >= 0.6 is 0 Å². The Morgan fingerprint density at radius 2 is 1.79 bits per heavy atom. The van der Waals surface area contributed by atoms with Gasteiger partial charge in [0.05, 0.1) is 23.7 Å². The van der Waals surface area contributed by atoms with Gasteiger partial charge < -0.3 is 9.72 Å². The molecule has 5 aromatic rings. The molecule has 0 spiro atoms. The number of para-hydroxylation sites is 1. The molecule has 3 aromatic heterocycles. The first kappa shape index (κ1) is 25.6. The maximum absolute atomic E-state index is 6.00. The Balaban J connectivity index is 1.87. The summed E-state index contributed by atoms with van der Waals surface area (Å²) in [4.78, 5) is 22.8. The van der Waals surface area contributed by atoms with Crippen LogP contribution in [0.2, 0.25) is 0 Å². The number of rotatable bonds is 7. The van der Waals surface area contributed by atoms with Crippen LogP contribution in [0.5, 0.6) is 5.75 Å². The Morgan fingerprint density at radius 3 is 2.50 bits per heavy atom. The van der Waals surface area contributed by atoms with Crippen molar-refractivity contribution in [1.29, 1.82) is 0 Å². The molecule has 0 unspecified atom stereocenters. The monoisotopic (exact) mass is 505 g/mol. The van der Waals surface area contributed by atoms with Gasteiger partial charge in [-0.25, -0.2) is 9.97 Å². The fraction of sp³-hybridized carbons (Fsp3) is 0.312. The number of H-pyrrole nitrogens is 1. The van der Waals surface area contributed by atoms with Gasteiger partial charge in [0, 0.05) is 51.4 Å². The van der Waals surface area contributed by atoms with Crippen LogP contribution in [0.25, 0.3) is 49.7 Å². The smallest absolute Gasteiger partial charge is 0.142 e. The molecule has 1 N–H and O–H groups in total. The van der Waals surface area contributed by atoms with Gasteiger partial charge in [0.15, 0.2) is 0 Å². The lowest BCUT2D eigenvalue weighted by Gasteiger charge is -2.16. The average molecular weight is 506 g/mol. The Morgan fingerprint density at radius 1 is 1.00 bits per heavy atom. The molecule has 0 aliphatic carbocycles. The quantitative estimate of drug-likeness (QED) is 0.228. The number of aromatic amines is 1. The van der Waals surface area contributed by atoms with Crippen LogP contribution in [0.3, 0.4) is 0 Å². The van der Waals surface area contributed by atoms with E-state index in [1.807, 2.05) is 20.0 Å². The number of nitrogens with zero attached hydrogens (tertiary/aromatic N) is 4. The first-order valence-electron chi connectivity index (χ1n) is 13.3. The van der Waals surface area contributed by atoms with E-state index >= 15 is 0 Å². The SMILES string of the molecule is CCC/C(C)=C(\C(C)=N/C)c1cc2[nH]c3nc(C)nc(-c4cc(CC)nc5ccccc45)c3c2cc1OC. The topological polar surface area (TPSA) is 76.0 Å². The number of nitrogens with one attached hydrogen (secondary N) is 1. The summed E-state index contributed by atoms with van der Waals surface area (Å²) in [7, 11) is 3.58. The van der Waals surface area contributed by atoms with E-state index in [0.29, 0.717) is 0 Å². The van der Waals surface area contributed by atoms with E-state index in [9.17, 15) is 0 Å². The molecule has 0 radical (unpaired) electrons. The Kier molecular flexibility index (Phi) is 6.98. The minimum Gasteiger partial charge on any atom is -0.496 e. The number of benzene rings is 2. The number of methoxy groups -OCH3 is 1. The summed E-state index contributed by atoms with van der Waals surface area (Å²) in [6.07, 6.45) is 2.92. The fourth-order valence-corrected chi connectivity index (χ4v) is 5.45. The van der Waals surface area contributed by atoms with Crippen molar-refractivity contribution < 1.29 is 4.74 Å². The zero-order chi connectivity index (χ0) is 27.0. The van der Waals surface area contributed by atoms with E-state index in [2.05, 4.69) is 74.1 Å². The van der Waals surface area contributed by atoms with Gasteiger partial charge in [0.25, 0.3) is 0 Å². The lowest BCUT2D eigenvalue weighted by atomic mass is 9.92. The van der Waals surface area contributed by atoms with Gasteiger partial charge in [-0.15, -0.1) is 0 Å². The van der Waals surface area contributed by atoms with E-state index in [-0.39, 0.29) is 0 Å². The molecule has 0 fully saturated rings. The van der Waals surface area contributed by atoms with Crippen LogP contribution in [-0.4, -0.2) is 39.8 Å². The van der Waals surface area contributed by atoms with Crippen LogP contribution in [0.4, 0.5) is 0 Å². The highest BCUT2D eigenvalue weighted by Gasteiger charge is 2.21. The van der Waals surface area contributed by atoms with E-state index in [1.165, 1.54) is 5.57 Å². The molecule has 194 valence electrons. The van der Waals surface area contributed by atoms with Crippen LogP contribution in [0, 0.1) is 6.92 Å². The first-order chi connectivity index (χ1) is 18.4. The second-order valence-electron chi connectivity index (χ2n) is 9.81. The summed E-state index contributed by atoms with van der Waals surface area (Å²) in [6, 6.07) is 14.7. The molecule has 0 aliphatic rings. The molecule has 0 amide bonds. The Labute approximate surface area is 223 Å². The van der Waals surface area contributed by atoms with Gasteiger partial charge in [-0.2, -0.15) is 0 Å². The van der Waals surface area contributed by atoms with Crippen molar-refractivity contribution in [2.24, 2.45) is 4.99 Å². The number of allylic oxidation sites excluding steroid dienone is 2. The minimum absolute atomic E-state index is 0.721. The highest BCUT2D eigenvalue weighted by atomic mass is 16.5. The van der Waals surface area contributed by atoms with Crippen molar-refractivity contribution >= 4 is 44.1 Å². The van der Waals surface area contributed by atoms with Crippen molar-refractivity contribution in [3.63, 3.8) is 0 Å². The summed E-state index contributed by atoms with van der Waals surface area (Å²) < 4.78 is 6.00. The number of aliphatic imine (C=N–C) groups is 1. The molecule has 0 saturated carbocycles. The van der Waals surface area contributed by atoms with Crippen molar-refractivity contribution in [1.82, 2.24) is 19.9 Å². The van der Waals surface area contributed by atoms with Crippen LogP contribution in [-0.2, 0) is 6.42 Å². The number of pyridine rings is 1. The molecule has 2 aromatic carbocycles. The molecule has 0 bridgehead atoms. The number of aryl methyl sites for hydroxylation is 2. The second-order valence-corrected chi connectivity index (χ2v) is 9.81. The van der Waals surface area contributed by atoms with Gasteiger partial charge in [0.1, 0.15) is 17.2 Å². The minimum atomic E-state index is 0.721. The molecule has 6 nitrogen and oxygen atoms in total. The molecule has 38 heavy (non-hydrogen) atoms. The number of hydrogen-bond acceptors (Lipinski definition) is 5. The summed E-state index contributed by atoms with van der Waals surface area (Å²) in [5.74, 6) is 1.53. The van der Waals surface area contributed by atoms with Gasteiger partial charge in [-0.3, -0.25) is 9.98 Å². The standard InChI is InChI=1S/C32H35N5O/c1-8-12-18(3)29(19(4)33-6)25-16-27-24(17-28(25)38-7)30-31(34-20(5)35-32(30)37-27)23-15-21(9-2)36-26-14-11-10-13-22(23)26/h10-11,13-17H,8-9,12H2,1-7H3,(H,34,35,37)/b29-18+,33-19-. The number of ether oxygens (including phenoxy) is 1. The van der Waals surface area contributed by atoms with Crippen molar-refractivity contribution in [3.05, 3.63) is 65.1 Å². The van der Waals surface area contributed by atoms with Crippen molar-refractivity contribution in [2.75, 3.05) is 14.2 Å². The molecule has 5 rings (SSSR count). The molecule has 0 aliphatic heterocycles. The highest BCUT2D eigenvalue weighted by molar-refractivity contribution is 6.25. The third-order valence-electron chi connectivity index (χ3n) is 7.29. The van der Waals surface area contributed by atoms with Crippen LogP contribution in [0.15, 0.2) is 53.0 Å². The van der Waals surface area contributed by atoms with Gasteiger partial charge in [0.2, 0.25) is 0 Å². The summed E-state index contributed by atoms with van der Waals surface area (Å²) in [5.41, 5.74) is 10.3. The van der Waals surface area contributed by atoms with Crippen molar-refractivity contribution in [3.8, 4) is 17.0 Å². The number of aromatic nitrogens is 4. The second kappa shape index (κ2) is 10.4. The molecular weight excluding hydrogens is 470 g/mol. The van der Waals surface area contributed by atoms with E-state index in [4.69, 9.17) is 19.7 Å². The maximum Gasteiger partial charge on any atom is 0.142 e. The number of hydrogen-bond donors (Lipinski definition) is 1. The lowest BCUT2D eigenvalue weighted by Crippen LogP contribution is -2.03. The van der Waals surface area contributed by atoms with Crippen LogP contribution < -0.4 is 4.74 Å². The predicted molar refractivity (Wildman–Crippen MR) is 159 cm³/mol. The zero-order valence-corrected chi connectivity index (χ0v) is 23.4. The van der Waals surface area contributed by atoms with Crippen LogP contribution in [0.1, 0.15) is 57.6 Å². The third-order valence-corrected chi connectivity index (χ3v) is 7.29. The molecule has 3 heterocycles. The lowest BCUT2D eigenvalue weighted by molar-refractivity contribution is 0.414. The average Bonchev–Trinajstić information content (AvgIpc) is 3.28. The van der Waals surface area contributed by atoms with E-state index in [1.54, 1.807) is 7.11 Å². The van der Waals surface area contributed by atoms with Gasteiger partial charge in [-0.05, 0) is 57.9 Å². The zero-order valence-electron chi connectivity index (χ0n) is 23.4. The summed E-state index contributed by atoms with van der Waals surface area (Å²) in [5, 5.41) is 3.11. The molecular formula is C32H35N5O. The molecule has 0 saturated heterocycles. The summed E-state index contributed by atoms with van der Waals surface area (Å²) >= 11 is 0. The van der Waals surface area contributed by atoms with Crippen molar-refractivity contribution in [2.45, 2.75) is 53.9 Å². The third kappa shape index (κ3) is 4.34. The van der Waals surface area contributed by atoms with E-state index < -0.39 is 0 Å². The highest BCUT2D eigenvalue weighted by Crippen LogP contribution is 2.40. The molecule has 6 heteroatoms. The fourth-order valence-electron chi connectivity index (χ4n) is 5.45. The normalized spacial score (nSPS) is 13.0. The first-order valence-corrected chi connectivity index (χ1v) is 13.3. The maximum atomic E-state index is 6.00.